The zero-order chi connectivity index (χ0) is 9.11. The van der Waals surface area contributed by atoms with Gasteiger partial charge in [0.25, 0.3) is 0 Å². The first kappa shape index (κ1) is 13.0. The van der Waals surface area contributed by atoms with E-state index in [0.717, 1.165) is 6.42 Å². The molecule has 0 atom stereocenters. The maximum absolute atomic E-state index is 9.60. The van der Waals surface area contributed by atoms with E-state index in [4.69, 9.17) is 16.1 Å². The quantitative estimate of drug-likeness (QED) is 0.326. The van der Waals surface area contributed by atoms with Gasteiger partial charge in [0.1, 0.15) is 0 Å². The van der Waals surface area contributed by atoms with E-state index in [2.05, 4.69) is 5.43 Å². The molecule has 0 rings (SSSR count). The number of carboxylic acids is 1. The fourth-order valence-corrected chi connectivity index (χ4v) is 0.278. The number of aliphatic hydroxyl groups excluding tert-OH is 1. The summed E-state index contributed by atoms with van der Waals surface area (Å²) < 4.78 is 0. The molecule has 0 saturated heterocycles. The molecule has 5 N–H and O–H groups in total. The largest absolute Gasteiger partial charge is 0.481 e. The Morgan fingerprint density at radius 2 is 2.18 bits per heavy atom. The second-order valence-electron chi connectivity index (χ2n) is 1.82. The molecule has 0 aromatic rings. The number of carboxylic acid groups (broad SMARTS) is 1. The molecule has 0 aromatic carbocycles. The fourth-order valence-electron chi connectivity index (χ4n) is 0.278. The van der Waals surface area contributed by atoms with E-state index in [0.29, 0.717) is 13.0 Å². The molecule has 0 aliphatic heterocycles. The highest BCUT2D eigenvalue weighted by Gasteiger charge is 1.87. The highest BCUT2D eigenvalue weighted by Crippen LogP contribution is 1.82. The lowest BCUT2D eigenvalue weighted by atomic mass is 10.4. The van der Waals surface area contributed by atoms with Crippen molar-refractivity contribution in [3.63, 3.8) is 0 Å². The van der Waals surface area contributed by atoms with Crippen molar-refractivity contribution in [1.82, 2.24) is 5.43 Å². The molecule has 5 heteroatoms. The predicted octanol–water partition coefficient (Wildman–Crippen LogP) is -0.687. The molecular formula is C6H16N2O3. The van der Waals surface area contributed by atoms with Crippen LogP contribution in [0.3, 0.4) is 0 Å². The Kier molecular flexibility index (Phi) is 14.2. The average molecular weight is 164 g/mol. The van der Waals surface area contributed by atoms with E-state index < -0.39 is 5.97 Å². The summed E-state index contributed by atoms with van der Waals surface area (Å²) in [7, 11) is 0. The van der Waals surface area contributed by atoms with Gasteiger partial charge in [-0.05, 0) is 6.42 Å². The lowest BCUT2D eigenvalue weighted by Crippen LogP contribution is -2.24. The molecule has 0 bridgehead atoms. The monoisotopic (exact) mass is 164 g/mol. The molecule has 0 spiro atoms. The van der Waals surface area contributed by atoms with Crippen LogP contribution in [0.5, 0.6) is 0 Å². The van der Waals surface area contributed by atoms with Crippen LogP contribution in [0.25, 0.3) is 0 Å². The summed E-state index contributed by atoms with van der Waals surface area (Å²) in [4.78, 5) is 9.60. The highest BCUT2D eigenvalue weighted by molar-refractivity contribution is 5.66. The van der Waals surface area contributed by atoms with Gasteiger partial charge in [0, 0.05) is 13.0 Å². The number of rotatable bonds is 4. The molecule has 0 aliphatic rings. The molecular weight excluding hydrogens is 148 g/mol. The van der Waals surface area contributed by atoms with Crippen LogP contribution in [0, 0.1) is 0 Å². The van der Waals surface area contributed by atoms with Crippen LogP contribution < -0.4 is 11.3 Å². The van der Waals surface area contributed by atoms with Gasteiger partial charge < -0.3 is 10.2 Å². The van der Waals surface area contributed by atoms with Crippen LogP contribution in [-0.4, -0.2) is 29.3 Å². The van der Waals surface area contributed by atoms with Gasteiger partial charge >= 0.3 is 5.97 Å². The van der Waals surface area contributed by atoms with E-state index in [9.17, 15) is 4.79 Å². The summed E-state index contributed by atoms with van der Waals surface area (Å²) in [5.74, 6) is 4.02. The SMILES string of the molecule is CCCC(=O)O.NNCCO. The molecule has 68 valence electrons. The van der Waals surface area contributed by atoms with E-state index in [1.54, 1.807) is 0 Å². The van der Waals surface area contributed by atoms with E-state index in [-0.39, 0.29) is 6.61 Å². The highest BCUT2D eigenvalue weighted by atomic mass is 16.4. The minimum atomic E-state index is -0.711. The third-order valence-corrected chi connectivity index (χ3v) is 0.720. The molecule has 0 aliphatic carbocycles. The number of hydrazine groups is 1. The van der Waals surface area contributed by atoms with Crippen molar-refractivity contribution >= 4 is 5.97 Å². The average Bonchev–Trinajstić information content (AvgIpc) is 1.90. The first-order chi connectivity index (χ1) is 5.18. The Morgan fingerprint density at radius 1 is 1.64 bits per heavy atom. The molecule has 0 heterocycles. The Balaban J connectivity index is 0. The van der Waals surface area contributed by atoms with Crippen molar-refractivity contribution in [1.29, 1.82) is 0 Å². The number of nitrogens with two attached hydrogens (primary N) is 1. The first-order valence-corrected chi connectivity index (χ1v) is 3.45. The Labute approximate surface area is 66.2 Å². The van der Waals surface area contributed by atoms with Gasteiger partial charge in [-0.1, -0.05) is 6.92 Å². The minimum Gasteiger partial charge on any atom is -0.481 e. The van der Waals surface area contributed by atoms with Gasteiger partial charge in [-0.3, -0.25) is 16.1 Å². The molecule has 0 unspecified atom stereocenters. The summed E-state index contributed by atoms with van der Waals surface area (Å²) in [5, 5.41) is 15.8. The van der Waals surface area contributed by atoms with Crippen LogP contribution in [0.1, 0.15) is 19.8 Å². The topological polar surface area (TPSA) is 95.6 Å². The van der Waals surface area contributed by atoms with Crippen molar-refractivity contribution in [2.24, 2.45) is 5.84 Å². The van der Waals surface area contributed by atoms with Crippen molar-refractivity contribution in [2.45, 2.75) is 19.8 Å². The number of aliphatic carboxylic acids is 1. The Morgan fingerprint density at radius 3 is 2.18 bits per heavy atom. The van der Waals surface area contributed by atoms with Crippen LogP contribution >= 0.6 is 0 Å². The summed E-state index contributed by atoms with van der Waals surface area (Å²) >= 11 is 0. The summed E-state index contributed by atoms with van der Waals surface area (Å²) in [6.45, 7) is 2.42. The number of aliphatic hydroxyl groups is 1. The summed E-state index contributed by atoms with van der Waals surface area (Å²) in [6.07, 6.45) is 1.02. The zero-order valence-electron chi connectivity index (χ0n) is 6.71. The van der Waals surface area contributed by atoms with Gasteiger partial charge in [0.2, 0.25) is 0 Å². The molecule has 0 aromatic heterocycles. The number of hydrogen-bond donors (Lipinski definition) is 4. The maximum atomic E-state index is 9.60. The van der Waals surface area contributed by atoms with Crippen molar-refractivity contribution in [2.75, 3.05) is 13.2 Å². The van der Waals surface area contributed by atoms with Crippen molar-refractivity contribution < 1.29 is 15.0 Å². The van der Waals surface area contributed by atoms with E-state index in [1.807, 2.05) is 6.92 Å². The lowest BCUT2D eigenvalue weighted by Gasteiger charge is -1.84. The molecule has 0 saturated carbocycles. The molecule has 5 nitrogen and oxygen atoms in total. The standard InChI is InChI=1S/C4H8O2.C2H8N2O/c1-2-3-4(5)6;3-4-1-2-5/h2-3H2,1H3,(H,5,6);4-5H,1-3H2. The van der Waals surface area contributed by atoms with Crippen LogP contribution in [0.2, 0.25) is 0 Å². The number of nitrogens with one attached hydrogen (secondary N) is 1. The molecule has 0 fully saturated rings. The van der Waals surface area contributed by atoms with Crippen LogP contribution in [-0.2, 0) is 4.79 Å². The van der Waals surface area contributed by atoms with Crippen LogP contribution in [0.15, 0.2) is 0 Å². The van der Waals surface area contributed by atoms with Crippen molar-refractivity contribution in [3.8, 4) is 0 Å². The van der Waals surface area contributed by atoms with E-state index >= 15 is 0 Å². The molecule has 11 heavy (non-hydrogen) atoms. The van der Waals surface area contributed by atoms with Gasteiger partial charge in [-0.15, -0.1) is 0 Å². The maximum Gasteiger partial charge on any atom is 0.303 e. The number of hydrogen-bond acceptors (Lipinski definition) is 4. The smallest absolute Gasteiger partial charge is 0.303 e. The molecule has 0 radical (unpaired) electrons. The summed E-state index contributed by atoms with van der Waals surface area (Å²) in [6, 6.07) is 0. The number of carbonyl (C=O) groups is 1. The van der Waals surface area contributed by atoms with Gasteiger partial charge in [0.15, 0.2) is 0 Å². The Hall–Kier alpha value is -0.650. The van der Waals surface area contributed by atoms with Gasteiger partial charge in [-0.25, -0.2) is 0 Å². The zero-order valence-corrected chi connectivity index (χ0v) is 6.71. The van der Waals surface area contributed by atoms with Gasteiger partial charge in [0.05, 0.1) is 6.61 Å². The molecule has 0 amide bonds. The third-order valence-electron chi connectivity index (χ3n) is 0.720. The first-order valence-electron chi connectivity index (χ1n) is 3.45. The fraction of sp³-hybridized carbons (Fsp3) is 0.833. The van der Waals surface area contributed by atoms with Crippen LogP contribution in [0.4, 0.5) is 0 Å². The normalized spacial score (nSPS) is 8.27. The second kappa shape index (κ2) is 12.1. The van der Waals surface area contributed by atoms with Gasteiger partial charge in [-0.2, -0.15) is 0 Å². The predicted molar refractivity (Wildman–Crippen MR) is 41.8 cm³/mol. The lowest BCUT2D eigenvalue weighted by molar-refractivity contribution is -0.137. The Bertz CT molecular complexity index is 85.9. The van der Waals surface area contributed by atoms with E-state index in [1.165, 1.54) is 0 Å². The van der Waals surface area contributed by atoms with Crippen molar-refractivity contribution in [3.05, 3.63) is 0 Å². The second-order valence-corrected chi connectivity index (χ2v) is 1.82. The third kappa shape index (κ3) is 26.7. The minimum absolute atomic E-state index is 0.108. The summed E-state index contributed by atoms with van der Waals surface area (Å²) in [5.41, 5.74) is 2.27.